The van der Waals surface area contributed by atoms with Crippen molar-refractivity contribution >= 4 is 15.7 Å². The van der Waals surface area contributed by atoms with Crippen LogP contribution in [-0.4, -0.2) is 58.1 Å². The molecule has 0 N–H and O–H groups in total. The third kappa shape index (κ3) is 4.73. The first-order chi connectivity index (χ1) is 14.0. The molecular weight excluding hydrogens is 399 g/mol. The zero-order valence-electron chi connectivity index (χ0n) is 15.9. The lowest BCUT2D eigenvalue weighted by Gasteiger charge is -2.35. The van der Waals surface area contributed by atoms with Gasteiger partial charge in [0.25, 0.3) is 0 Å². The molecule has 0 bridgehead atoms. The Bertz CT molecular complexity index is 944. The lowest BCUT2D eigenvalue weighted by atomic mass is 10.2. The molecular formula is C20H23FN2O5S. The molecule has 2 aliphatic rings. The molecule has 0 spiro atoms. The topological polar surface area (TPSA) is 68.3 Å². The number of hydrogen-bond donors (Lipinski definition) is 0. The summed E-state index contributed by atoms with van der Waals surface area (Å²) in [7, 11) is -3.34. The van der Waals surface area contributed by atoms with E-state index in [1.807, 2.05) is 0 Å². The van der Waals surface area contributed by atoms with Gasteiger partial charge in [-0.3, -0.25) is 0 Å². The van der Waals surface area contributed by atoms with Crippen LogP contribution >= 0.6 is 0 Å². The summed E-state index contributed by atoms with van der Waals surface area (Å²) in [6, 6.07) is 11.5. The van der Waals surface area contributed by atoms with Crippen LogP contribution in [0, 0.1) is 5.82 Å². The highest BCUT2D eigenvalue weighted by molar-refractivity contribution is 7.89. The van der Waals surface area contributed by atoms with Gasteiger partial charge in [-0.15, -0.1) is 0 Å². The van der Waals surface area contributed by atoms with Crippen LogP contribution < -0.4 is 19.1 Å². The van der Waals surface area contributed by atoms with E-state index in [2.05, 4.69) is 4.90 Å². The monoisotopic (exact) mass is 422 g/mol. The van der Waals surface area contributed by atoms with Gasteiger partial charge in [-0.25, -0.2) is 12.8 Å². The second-order valence-corrected chi connectivity index (χ2v) is 8.98. The largest absolute Gasteiger partial charge is 0.493 e. The molecule has 2 aromatic rings. The quantitative estimate of drug-likeness (QED) is 0.639. The van der Waals surface area contributed by atoms with Crippen LogP contribution in [0.5, 0.6) is 17.2 Å². The molecule has 0 unspecified atom stereocenters. The van der Waals surface area contributed by atoms with Crippen LogP contribution in [-0.2, 0) is 10.0 Å². The van der Waals surface area contributed by atoms with Crippen molar-refractivity contribution in [2.45, 2.75) is 6.42 Å². The summed E-state index contributed by atoms with van der Waals surface area (Å²) in [6.45, 7) is 2.50. The molecule has 1 saturated heterocycles. The summed E-state index contributed by atoms with van der Waals surface area (Å²) >= 11 is 0. The van der Waals surface area contributed by atoms with Crippen LogP contribution in [0.15, 0.2) is 42.5 Å². The van der Waals surface area contributed by atoms with Gasteiger partial charge in [0.05, 0.1) is 12.4 Å². The summed E-state index contributed by atoms with van der Waals surface area (Å²) in [6.07, 6.45) is 0.398. The maximum absolute atomic E-state index is 13.1. The first-order valence-electron chi connectivity index (χ1n) is 9.52. The lowest BCUT2D eigenvalue weighted by Crippen LogP contribution is -2.49. The molecule has 1 fully saturated rings. The average molecular weight is 422 g/mol. The maximum atomic E-state index is 13.1. The molecule has 9 heteroatoms. The van der Waals surface area contributed by atoms with Crippen LogP contribution in [0.1, 0.15) is 6.42 Å². The summed E-state index contributed by atoms with van der Waals surface area (Å²) in [5, 5.41) is 0. The van der Waals surface area contributed by atoms with Crippen molar-refractivity contribution in [2.24, 2.45) is 0 Å². The third-order valence-electron chi connectivity index (χ3n) is 4.98. The van der Waals surface area contributed by atoms with Gasteiger partial charge < -0.3 is 19.1 Å². The van der Waals surface area contributed by atoms with Crippen molar-refractivity contribution in [3.05, 3.63) is 48.3 Å². The standard InChI is InChI=1S/C20H23FN2O5S/c21-16-2-4-17(5-3-16)22-8-10-23(11-9-22)29(24,25)13-1-12-26-18-6-7-19-20(14-18)28-15-27-19/h2-7,14H,1,8-13,15H2. The van der Waals surface area contributed by atoms with E-state index >= 15 is 0 Å². The van der Waals surface area contributed by atoms with Crippen molar-refractivity contribution in [3.63, 3.8) is 0 Å². The number of ether oxygens (including phenoxy) is 3. The number of benzene rings is 2. The highest BCUT2D eigenvalue weighted by atomic mass is 32.2. The molecule has 0 saturated carbocycles. The number of hydrogen-bond acceptors (Lipinski definition) is 6. The molecule has 4 rings (SSSR count). The summed E-state index contributed by atoms with van der Waals surface area (Å²) < 4.78 is 56.0. The SMILES string of the molecule is O=S(=O)(CCCOc1ccc2c(c1)OCO2)N1CCN(c2ccc(F)cc2)CC1. The Morgan fingerprint density at radius 2 is 1.69 bits per heavy atom. The van der Waals surface area contributed by atoms with Gasteiger partial charge in [-0.1, -0.05) is 0 Å². The Kier molecular flexibility index (Phi) is 5.77. The normalized spacial score (nSPS) is 16.8. The predicted molar refractivity (Wildman–Crippen MR) is 107 cm³/mol. The predicted octanol–water partition coefficient (Wildman–Crippen LogP) is 2.48. The number of rotatable bonds is 7. The van der Waals surface area contributed by atoms with E-state index in [1.165, 1.54) is 16.4 Å². The van der Waals surface area contributed by atoms with E-state index in [0.717, 1.165) is 5.69 Å². The van der Waals surface area contributed by atoms with E-state index in [4.69, 9.17) is 14.2 Å². The maximum Gasteiger partial charge on any atom is 0.231 e. The van der Waals surface area contributed by atoms with Crippen LogP contribution in [0.2, 0.25) is 0 Å². The Hall–Kier alpha value is -2.52. The number of anilines is 1. The number of halogens is 1. The number of nitrogens with zero attached hydrogens (tertiary/aromatic N) is 2. The smallest absolute Gasteiger partial charge is 0.231 e. The Morgan fingerprint density at radius 3 is 2.45 bits per heavy atom. The molecule has 2 heterocycles. The fraction of sp³-hybridized carbons (Fsp3) is 0.400. The lowest BCUT2D eigenvalue weighted by molar-refractivity contribution is 0.173. The van der Waals surface area contributed by atoms with E-state index in [9.17, 15) is 12.8 Å². The van der Waals surface area contributed by atoms with Crippen LogP contribution in [0.25, 0.3) is 0 Å². The summed E-state index contributed by atoms with van der Waals surface area (Å²) in [5.41, 5.74) is 0.903. The van der Waals surface area contributed by atoms with Crippen molar-refractivity contribution in [1.82, 2.24) is 4.31 Å². The highest BCUT2D eigenvalue weighted by Gasteiger charge is 2.26. The van der Waals surface area contributed by atoms with E-state index in [0.29, 0.717) is 56.5 Å². The minimum absolute atomic E-state index is 0.0358. The molecule has 0 atom stereocenters. The Labute approximate surface area is 169 Å². The molecule has 2 aliphatic heterocycles. The van der Waals surface area contributed by atoms with Crippen LogP contribution in [0.4, 0.5) is 10.1 Å². The minimum atomic E-state index is -3.34. The van der Waals surface area contributed by atoms with Gasteiger partial charge in [0.15, 0.2) is 11.5 Å². The molecule has 156 valence electrons. The molecule has 0 amide bonds. The van der Waals surface area contributed by atoms with E-state index < -0.39 is 10.0 Å². The number of fused-ring (bicyclic) bond motifs is 1. The zero-order chi connectivity index (χ0) is 20.3. The van der Waals surface area contributed by atoms with Crippen LogP contribution in [0.3, 0.4) is 0 Å². The number of piperazine rings is 1. The fourth-order valence-corrected chi connectivity index (χ4v) is 4.86. The average Bonchev–Trinajstić information content (AvgIpc) is 3.20. The first kappa shape index (κ1) is 19.8. The van der Waals surface area contributed by atoms with Gasteiger partial charge in [0.2, 0.25) is 16.8 Å². The number of sulfonamides is 1. The molecule has 0 aliphatic carbocycles. The molecule has 7 nitrogen and oxygen atoms in total. The van der Waals surface area contributed by atoms with Gasteiger partial charge >= 0.3 is 0 Å². The second-order valence-electron chi connectivity index (χ2n) is 6.90. The minimum Gasteiger partial charge on any atom is -0.493 e. The van der Waals surface area contributed by atoms with Crippen molar-refractivity contribution in [1.29, 1.82) is 0 Å². The van der Waals surface area contributed by atoms with Crippen molar-refractivity contribution < 1.29 is 27.0 Å². The van der Waals surface area contributed by atoms with Gasteiger partial charge in [-0.2, -0.15) is 4.31 Å². The third-order valence-corrected chi connectivity index (χ3v) is 6.94. The Balaban J connectivity index is 1.22. The van der Waals surface area contributed by atoms with Crippen molar-refractivity contribution in [3.8, 4) is 17.2 Å². The van der Waals surface area contributed by atoms with Gasteiger partial charge in [0.1, 0.15) is 11.6 Å². The van der Waals surface area contributed by atoms with Crippen molar-refractivity contribution in [2.75, 3.05) is 50.2 Å². The summed E-state index contributed by atoms with van der Waals surface area (Å²) in [4.78, 5) is 2.06. The summed E-state index contributed by atoms with van der Waals surface area (Å²) in [5.74, 6) is 1.69. The van der Waals surface area contributed by atoms with E-state index in [1.54, 1.807) is 30.3 Å². The zero-order valence-corrected chi connectivity index (χ0v) is 16.7. The molecule has 0 radical (unpaired) electrons. The molecule has 2 aromatic carbocycles. The molecule has 29 heavy (non-hydrogen) atoms. The second kappa shape index (κ2) is 8.46. The fourth-order valence-electron chi connectivity index (χ4n) is 3.40. The van der Waals surface area contributed by atoms with E-state index in [-0.39, 0.29) is 18.4 Å². The Morgan fingerprint density at radius 1 is 0.966 bits per heavy atom. The molecule has 0 aromatic heterocycles. The van der Waals surface area contributed by atoms with Gasteiger partial charge in [-0.05, 0) is 42.8 Å². The van der Waals surface area contributed by atoms with Gasteiger partial charge in [0, 0.05) is 37.9 Å². The first-order valence-corrected chi connectivity index (χ1v) is 11.1. The highest BCUT2D eigenvalue weighted by Crippen LogP contribution is 2.35.